The van der Waals surface area contributed by atoms with Crippen molar-refractivity contribution in [3.05, 3.63) is 59.1 Å². The molecule has 0 heterocycles. The van der Waals surface area contributed by atoms with E-state index < -0.39 is 16.0 Å². The highest BCUT2D eigenvalue weighted by atomic mass is 35.5. The van der Waals surface area contributed by atoms with Gasteiger partial charge in [0.15, 0.2) is 0 Å². The Labute approximate surface area is 146 Å². The normalized spacial score (nSPS) is 11.5. The van der Waals surface area contributed by atoms with Crippen molar-refractivity contribution in [2.45, 2.75) is 18.2 Å². The highest BCUT2D eigenvalue weighted by Crippen LogP contribution is 2.18. The summed E-state index contributed by atoms with van der Waals surface area (Å²) < 4.78 is 30.9. The predicted molar refractivity (Wildman–Crippen MR) is 92.7 cm³/mol. The van der Waals surface area contributed by atoms with Crippen LogP contribution in [0.15, 0.2) is 53.4 Å². The molecule has 2 rings (SSSR count). The molecule has 2 aromatic rings. The minimum absolute atomic E-state index is 0.0644. The Balaban J connectivity index is 2.03. The Kier molecular flexibility index (Phi) is 5.99. The van der Waals surface area contributed by atoms with Crippen molar-refractivity contribution >= 4 is 27.6 Å². The zero-order valence-corrected chi connectivity index (χ0v) is 15.0. The van der Waals surface area contributed by atoms with Crippen molar-refractivity contribution in [1.82, 2.24) is 4.31 Å². The standard InChI is InChI=1S/C17H18ClNO4S/c1-3-13-4-8-15(9-5-13)23-17(20)12-19(2)24(21,22)16-10-6-14(18)7-11-16/h4-11H,3,12H2,1-2H3. The molecule has 0 aliphatic heterocycles. The van der Waals surface area contributed by atoms with Crippen LogP contribution in [-0.4, -0.2) is 32.3 Å². The summed E-state index contributed by atoms with van der Waals surface area (Å²) in [4.78, 5) is 12.0. The van der Waals surface area contributed by atoms with Gasteiger partial charge in [-0.05, 0) is 48.4 Å². The van der Waals surface area contributed by atoms with Crippen LogP contribution in [0.25, 0.3) is 0 Å². The summed E-state index contributed by atoms with van der Waals surface area (Å²) in [6, 6.07) is 12.8. The lowest BCUT2D eigenvalue weighted by atomic mass is 10.2. The van der Waals surface area contributed by atoms with Crippen LogP contribution in [0, 0.1) is 0 Å². The number of likely N-dealkylation sites (N-methyl/N-ethyl adjacent to an activating group) is 1. The number of carbonyl (C=O) groups excluding carboxylic acids is 1. The van der Waals surface area contributed by atoms with Crippen LogP contribution in [0.1, 0.15) is 12.5 Å². The summed E-state index contributed by atoms with van der Waals surface area (Å²) in [6.45, 7) is 1.64. The quantitative estimate of drug-likeness (QED) is 0.581. The van der Waals surface area contributed by atoms with E-state index in [-0.39, 0.29) is 11.4 Å². The van der Waals surface area contributed by atoms with Gasteiger partial charge in [0.2, 0.25) is 10.0 Å². The number of esters is 1. The number of ether oxygens (including phenoxy) is 1. The van der Waals surface area contributed by atoms with Gasteiger partial charge in [0.1, 0.15) is 12.3 Å². The molecule has 0 aromatic heterocycles. The molecule has 0 amide bonds. The van der Waals surface area contributed by atoms with E-state index in [2.05, 4.69) is 0 Å². The monoisotopic (exact) mass is 367 g/mol. The molecule has 0 aliphatic carbocycles. The molecule has 0 N–H and O–H groups in total. The average molecular weight is 368 g/mol. The number of benzene rings is 2. The highest BCUT2D eigenvalue weighted by molar-refractivity contribution is 7.89. The predicted octanol–water partition coefficient (Wildman–Crippen LogP) is 3.13. The Morgan fingerprint density at radius 3 is 2.21 bits per heavy atom. The zero-order valence-electron chi connectivity index (χ0n) is 13.4. The summed E-state index contributed by atoms with van der Waals surface area (Å²) in [5.41, 5.74) is 1.12. The first kappa shape index (κ1) is 18.4. The van der Waals surface area contributed by atoms with Gasteiger partial charge in [0.05, 0.1) is 4.90 Å². The lowest BCUT2D eigenvalue weighted by Gasteiger charge is -2.16. The molecule has 0 saturated carbocycles. The first-order valence-corrected chi connectivity index (χ1v) is 9.16. The van der Waals surface area contributed by atoms with E-state index in [0.29, 0.717) is 10.8 Å². The van der Waals surface area contributed by atoms with Crippen molar-refractivity contribution in [1.29, 1.82) is 0 Å². The lowest BCUT2D eigenvalue weighted by molar-refractivity contribution is -0.134. The van der Waals surface area contributed by atoms with Crippen LogP contribution in [0.4, 0.5) is 0 Å². The van der Waals surface area contributed by atoms with Crippen LogP contribution in [-0.2, 0) is 21.2 Å². The second-order valence-electron chi connectivity index (χ2n) is 5.19. The average Bonchev–Trinajstić information content (AvgIpc) is 2.55. The summed E-state index contributed by atoms with van der Waals surface area (Å²) in [5.74, 6) is -0.270. The van der Waals surface area contributed by atoms with Crippen LogP contribution < -0.4 is 4.74 Å². The number of nitrogens with zero attached hydrogens (tertiary/aromatic N) is 1. The third kappa shape index (κ3) is 4.56. The van der Waals surface area contributed by atoms with Gasteiger partial charge in [-0.1, -0.05) is 30.7 Å². The minimum atomic E-state index is -3.78. The fourth-order valence-electron chi connectivity index (χ4n) is 2.01. The van der Waals surface area contributed by atoms with E-state index in [4.69, 9.17) is 16.3 Å². The van der Waals surface area contributed by atoms with Crippen LogP contribution >= 0.6 is 11.6 Å². The molecule has 0 atom stereocenters. The molecule has 0 bridgehead atoms. The number of hydrogen-bond acceptors (Lipinski definition) is 4. The van der Waals surface area contributed by atoms with Gasteiger partial charge < -0.3 is 4.74 Å². The molecule has 0 unspecified atom stereocenters. The van der Waals surface area contributed by atoms with E-state index in [1.54, 1.807) is 12.1 Å². The molecule has 0 radical (unpaired) electrons. The first-order valence-electron chi connectivity index (χ1n) is 7.34. The Morgan fingerprint density at radius 1 is 1.08 bits per heavy atom. The van der Waals surface area contributed by atoms with Crippen LogP contribution in [0.2, 0.25) is 5.02 Å². The van der Waals surface area contributed by atoms with Crippen molar-refractivity contribution in [2.24, 2.45) is 0 Å². The number of sulfonamides is 1. The summed E-state index contributed by atoms with van der Waals surface area (Å²) >= 11 is 5.75. The third-order valence-corrected chi connectivity index (χ3v) is 5.51. The van der Waals surface area contributed by atoms with E-state index >= 15 is 0 Å². The minimum Gasteiger partial charge on any atom is -0.426 e. The Bertz CT molecular complexity index is 801. The number of aryl methyl sites for hydroxylation is 1. The van der Waals surface area contributed by atoms with Gasteiger partial charge in [-0.3, -0.25) is 4.79 Å². The van der Waals surface area contributed by atoms with Crippen molar-refractivity contribution < 1.29 is 17.9 Å². The topological polar surface area (TPSA) is 63.7 Å². The molecular formula is C17H18ClNO4S. The molecule has 0 aliphatic rings. The molecule has 24 heavy (non-hydrogen) atoms. The van der Waals surface area contributed by atoms with Gasteiger partial charge in [-0.2, -0.15) is 4.31 Å². The maximum Gasteiger partial charge on any atom is 0.326 e. The summed E-state index contributed by atoms with van der Waals surface area (Å²) in [5, 5.41) is 0.437. The van der Waals surface area contributed by atoms with Gasteiger partial charge >= 0.3 is 5.97 Å². The van der Waals surface area contributed by atoms with E-state index in [1.807, 2.05) is 19.1 Å². The van der Waals surface area contributed by atoms with E-state index in [9.17, 15) is 13.2 Å². The maximum atomic E-state index is 12.4. The van der Waals surface area contributed by atoms with Gasteiger partial charge in [-0.25, -0.2) is 8.42 Å². The molecule has 128 valence electrons. The van der Waals surface area contributed by atoms with Crippen molar-refractivity contribution in [2.75, 3.05) is 13.6 Å². The van der Waals surface area contributed by atoms with E-state index in [0.717, 1.165) is 16.3 Å². The molecular weight excluding hydrogens is 350 g/mol. The van der Waals surface area contributed by atoms with Crippen LogP contribution in [0.5, 0.6) is 5.75 Å². The van der Waals surface area contributed by atoms with Crippen molar-refractivity contribution in [3.8, 4) is 5.75 Å². The third-order valence-electron chi connectivity index (χ3n) is 3.44. The van der Waals surface area contributed by atoms with Gasteiger partial charge in [0.25, 0.3) is 0 Å². The molecule has 7 heteroatoms. The second kappa shape index (κ2) is 7.79. The fourth-order valence-corrected chi connectivity index (χ4v) is 3.25. The number of halogens is 1. The number of rotatable bonds is 6. The fraction of sp³-hybridized carbons (Fsp3) is 0.235. The van der Waals surface area contributed by atoms with Crippen molar-refractivity contribution in [3.63, 3.8) is 0 Å². The lowest BCUT2D eigenvalue weighted by Crippen LogP contribution is -2.34. The van der Waals surface area contributed by atoms with Gasteiger partial charge in [-0.15, -0.1) is 0 Å². The maximum absolute atomic E-state index is 12.4. The Hall–Kier alpha value is -1.89. The van der Waals surface area contributed by atoms with E-state index in [1.165, 1.54) is 31.3 Å². The molecule has 0 saturated heterocycles. The molecule has 0 fully saturated rings. The molecule has 0 spiro atoms. The first-order chi connectivity index (χ1) is 11.3. The van der Waals surface area contributed by atoms with Crippen LogP contribution in [0.3, 0.4) is 0 Å². The Morgan fingerprint density at radius 2 is 1.67 bits per heavy atom. The summed E-state index contributed by atoms with van der Waals surface area (Å²) in [7, 11) is -2.46. The smallest absolute Gasteiger partial charge is 0.326 e. The summed E-state index contributed by atoms with van der Waals surface area (Å²) in [6.07, 6.45) is 0.885. The number of carbonyl (C=O) groups is 1. The zero-order chi connectivity index (χ0) is 17.7. The number of hydrogen-bond donors (Lipinski definition) is 0. The highest BCUT2D eigenvalue weighted by Gasteiger charge is 2.23. The SMILES string of the molecule is CCc1ccc(OC(=O)CN(C)S(=O)(=O)c2ccc(Cl)cc2)cc1. The largest absolute Gasteiger partial charge is 0.426 e. The van der Waals surface area contributed by atoms with Gasteiger partial charge in [0, 0.05) is 12.1 Å². The molecule has 2 aromatic carbocycles. The second-order valence-corrected chi connectivity index (χ2v) is 7.67. The molecule has 5 nitrogen and oxygen atoms in total.